The molecule has 4 aromatic heterocycles. The van der Waals surface area contributed by atoms with E-state index in [0.717, 1.165) is 27.0 Å². The molecule has 0 unspecified atom stereocenters. The van der Waals surface area contributed by atoms with Crippen molar-refractivity contribution < 1.29 is 4.79 Å². The average Bonchev–Trinajstić information content (AvgIpc) is 3.42. The zero-order valence-corrected chi connectivity index (χ0v) is 16.9. The van der Waals surface area contributed by atoms with E-state index in [1.807, 2.05) is 48.5 Å². The first-order valence-electron chi connectivity index (χ1n) is 9.41. The van der Waals surface area contributed by atoms with Gasteiger partial charge in [0.05, 0.1) is 27.3 Å². The fraction of sp³-hybridized carbons (Fsp3) is 0.0435. The molecule has 0 aliphatic heterocycles. The van der Waals surface area contributed by atoms with E-state index in [1.165, 1.54) is 4.88 Å². The second-order valence-corrected chi connectivity index (χ2v) is 8.13. The van der Waals surface area contributed by atoms with Crippen LogP contribution in [0.3, 0.4) is 0 Å². The van der Waals surface area contributed by atoms with Gasteiger partial charge in [-0.3, -0.25) is 14.9 Å². The summed E-state index contributed by atoms with van der Waals surface area (Å²) in [7, 11) is 0. The minimum atomic E-state index is -0.237. The maximum Gasteiger partial charge on any atom is 0.257 e. The lowest BCUT2D eigenvalue weighted by atomic mass is 10.0. The number of aromatic nitrogens is 4. The number of rotatable bonds is 4. The number of nitrogens with one attached hydrogen (secondary N) is 2. The molecule has 1 amide bonds. The van der Waals surface area contributed by atoms with Crippen molar-refractivity contribution >= 4 is 34.0 Å². The molecule has 146 valence electrons. The quantitative estimate of drug-likeness (QED) is 0.420. The number of nitrogens with zero attached hydrogens (tertiary/aromatic N) is 3. The number of aromatic amines is 1. The molecule has 30 heavy (non-hydrogen) atoms. The first-order valence-corrected chi connectivity index (χ1v) is 10.2. The lowest BCUT2D eigenvalue weighted by Gasteiger charge is -2.09. The van der Waals surface area contributed by atoms with Crippen LogP contribution in [0.5, 0.6) is 0 Å². The summed E-state index contributed by atoms with van der Waals surface area (Å²) in [6, 6.07) is 19.1. The number of benzene rings is 1. The summed E-state index contributed by atoms with van der Waals surface area (Å²) in [6.07, 6.45) is 3.45. The number of thiophene rings is 1. The number of anilines is 1. The first kappa shape index (κ1) is 18.2. The zero-order valence-electron chi connectivity index (χ0n) is 16.1. The van der Waals surface area contributed by atoms with Gasteiger partial charge in [-0.15, -0.1) is 11.3 Å². The molecule has 1 aromatic carbocycles. The van der Waals surface area contributed by atoms with Crippen LogP contribution in [0.15, 0.2) is 73.1 Å². The van der Waals surface area contributed by atoms with Gasteiger partial charge in [-0.2, -0.15) is 5.10 Å². The van der Waals surface area contributed by atoms with Gasteiger partial charge in [-0.25, -0.2) is 4.98 Å². The molecule has 0 saturated heterocycles. The highest BCUT2D eigenvalue weighted by Gasteiger charge is 2.16. The highest BCUT2D eigenvalue weighted by Crippen LogP contribution is 2.28. The maximum absolute atomic E-state index is 13.2. The third-order valence-electron chi connectivity index (χ3n) is 4.74. The van der Waals surface area contributed by atoms with E-state index >= 15 is 0 Å². The van der Waals surface area contributed by atoms with Crippen LogP contribution < -0.4 is 5.32 Å². The highest BCUT2D eigenvalue weighted by molar-refractivity contribution is 7.15. The zero-order chi connectivity index (χ0) is 20.5. The average molecular weight is 411 g/mol. The number of hydrogen-bond donors (Lipinski definition) is 2. The van der Waals surface area contributed by atoms with Gasteiger partial charge in [-0.05, 0) is 43.3 Å². The van der Waals surface area contributed by atoms with Crippen molar-refractivity contribution in [2.45, 2.75) is 6.92 Å². The Bertz CT molecular complexity index is 1360. The van der Waals surface area contributed by atoms with E-state index in [1.54, 1.807) is 29.8 Å². The summed E-state index contributed by atoms with van der Waals surface area (Å²) < 4.78 is 0. The molecule has 6 nitrogen and oxygen atoms in total. The molecule has 0 atom stereocenters. The Morgan fingerprint density at radius 1 is 1.07 bits per heavy atom. The lowest BCUT2D eigenvalue weighted by molar-refractivity contribution is 0.102. The van der Waals surface area contributed by atoms with Crippen molar-refractivity contribution in [2.75, 3.05) is 5.32 Å². The van der Waals surface area contributed by atoms with Crippen molar-refractivity contribution in [3.8, 4) is 21.8 Å². The number of hydrogen-bond acceptors (Lipinski definition) is 5. The largest absolute Gasteiger partial charge is 0.305 e. The summed E-state index contributed by atoms with van der Waals surface area (Å²) in [4.78, 5) is 24.3. The SMILES string of the molecule is Cc1ccc(-c2cc(NC(=O)c3cc(-c4cccnc4)nc4ccccc34)n[nH]2)s1. The molecule has 0 fully saturated rings. The molecule has 0 saturated carbocycles. The summed E-state index contributed by atoms with van der Waals surface area (Å²) in [5.41, 5.74) is 3.71. The van der Waals surface area contributed by atoms with Crippen molar-refractivity contribution in [2.24, 2.45) is 0 Å². The maximum atomic E-state index is 13.2. The number of para-hydroxylation sites is 1. The summed E-state index contributed by atoms with van der Waals surface area (Å²) in [5, 5.41) is 10.9. The Hall–Kier alpha value is -3.84. The molecule has 4 heterocycles. The van der Waals surface area contributed by atoms with Crippen LogP contribution in [0.25, 0.3) is 32.7 Å². The number of pyridine rings is 2. The van der Waals surface area contributed by atoms with E-state index in [2.05, 4.69) is 33.5 Å². The summed E-state index contributed by atoms with van der Waals surface area (Å²) in [5.74, 6) is 0.240. The van der Waals surface area contributed by atoms with Gasteiger partial charge in [0.1, 0.15) is 0 Å². The molecule has 2 N–H and O–H groups in total. The minimum absolute atomic E-state index is 0.237. The smallest absolute Gasteiger partial charge is 0.257 e. The Morgan fingerprint density at radius 3 is 2.77 bits per heavy atom. The van der Waals surface area contributed by atoms with Gasteiger partial charge in [0.2, 0.25) is 0 Å². The predicted octanol–water partition coefficient (Wildman–Crippen LogP) is 5.31. The number of carbonyl (C=O) groups is 1. The second kappa shape index (κ2) is 7.53. The molecule has 0 radical (unpaired) electrons. The van der Waals surface area contributed by atoms with Crippen LogP contribution in [0, 0.1) is 6.92 Å². The minimum Gasteiger partial charge on any atom is -0.305 e. The van der Waals surface area contributed by atoms with Crippen molar-refractivity contribution in [3.63, 3.8) is 0 Å². The highest BCUT2D eigenvalue weighted by atomic mass is 32.1. The standard InChI is InChI=1S/C23H17N5OS/c1-14-8-9-21(30-14)20-12-22(28-27-20)26-23(29)17-11-19(15-5-4-10-24-13-15)25-18-7-3-2-6-16(17)18/h2-13H,1H3,(H2,26,27,28,29). The van der Waals surface area contributed by atoms with E-state index < -0.39 is 0 Å². The van der Waals surface area contributed by atoms with Crippen LogP contribution in [-0.4, -0.2) is 26.1 Å². The molecular weight excluding hydrogens is 394 g/mol. The molecule has 0 spiro atoms. The number of carbonyl (C=O) groups excluding carboxylic acids is 1. The van der Waals surface area contributed by atoms with Crippen LogP contribution >= 0.6 is 11.3 Å². The van der Waals surface area contributed by atoms with Gasteiger partial charge < -0.3 is 5.32 Å². The van der Waals surface area contributed by atoms with Gasteiger partial charge in [-0.1, -0.05) is 18.2 Å². The van der Waals surface area contributed by atoms with Crippen LogP contribution in [-0.2, 0) is 0 Å². The molecule has 5 aromatic rings. The fourth-order valence-electron chi connectivity index (χ4n) is 3.30. The molecule has 7 heteroatoms. The van der Waals surface area contributed by atoms with E-state index in [-0.39, 0.29) is 5.91 Å². The molecule has 0 aliphatic carbocycles. The van der Waals surface area contributed by atoms with Crippen LogP contribution in [0.1, 0.15) is 15.2 Å². The van der Waals surface area contributed by atoms with Crippen molar-refractivity contribution in [3.05, 3.63) is 83.5 Å². The monoisotopic (exact) mass is 411 g/mol. The first-order chi connectivity index (χ1) is 14.7. The van der Waals surface area contributed by atoms with E-state index in [0.29, 0.717) is 17.1 Å². The van der Waals surface area contributed by atoms with Gasteiger partial charge in [0.15, 0.2) is 5.82 Å². The fourth-order valence-corrected chi connectivity index (χ4v) is 4.13. The van der Waals surface area contributed by atoms with Crippen molar-refractivity contribution in [1.82, 2.24) is 20.2 Å². The predicted molar refractivity (Wildman–Crippen MR) is 120 cm³/mol. The third kappa shape index (κ3) is 3.46. The van der Waals surface area contributed by atoms with Crippen molar-refractivity contribution in [1.29, 1.82) is 0 Å². The molecule has 5 rings (SSSR count). The Labute approximate surface area is 176 Å². The Morgan fingerprint density at radius 2 is 1.97 bits per heavy atom. The number of aryl methyl sites for hydroxylation is 1. The van der Waals surface area contributed by atoms with Gasteiger partial charge in [0.25, 0.3) is 5.91 Å². The molecule has 0 aliphatic rings. The summed E-state index contributed by atoms with van der Waals surface area (Å²) >= 11 is 1.67. The Kier molecular flexibility index (Phi) is 4.57. The number of amides is 1. The Balaban J connectivity index is 1.51. The van der Waals surface area contributed by atoms with E-state index in [9.17, 15) is 4.79 Å². The van der Waals surface area contributed by atoms with Crippen LogP contribution in [0.2, 0.25) is 0 Å². The normalized spacial score (nSPS) is 11.0. The van der Waals surface area contributed by atoms with Gasteiger partial charge in [0, 0.05) is 34.3 Å². The topological polar surface area (TPSA) is 83.6 Å². The number of fused-ring (bicyclic) bond motifs is 1. The van der Waals surface area contributed by atoms with E-state index in [4.69, 9.17) is 4.98 Å². The van der Waals surface area contributed by atoms with Crippen LogP contribution in [0.4, 0.5) is 5.82 Å². The molecule has 0 bridgehead atoms. The summed E-state index contributed by atoms with van der Waals surface area (Å²) in [6.45, 7) is 2.06. The third-order valence-corrected chi connectivity index (χ3v) is 5.78. The van der Waals surface area contributed by atoms with Gasteiger partial charge >= 0.3 is 0 Å². The number of H-pyrrole nitrogens is 1. The molecular formula is C23H17N5OS. The second-order valence-electron chi connectivity index (χ2n) is 6.85. The lowest BCUT2D eigenvalue weighted by Crippen LogP contribution is -2.13.